The summed E-state index contributed by atoms with van der Waals surface area (Å²) < 4.78 is 5.48. The zero-order valence-corrected chi connectivity index (χ0v) is 15.6. The van der Waals surface area contributed by atoms with Crippen LogP contribution in [0, 0.1) is 17.2 Å². The lowest BCUT2D eigenvalue weighted by atomic mass is 9.82. The summed E-state index contributed by atoms with van der Waals surface area (Å²) in [5, 5.41) is 12.4. The Hall–Kier alpha value is -2.75. The number of para-hydroxylation sites is 2. The van der Waals surface area contributed by atoms with Crippen molar-refractivity contribution >= 4 is 17.6 Å². The van der Waals surface area contributed by atoms with Crippen LogP contribution in [0.2, 0.25) is 0 Å². The molecule has 142 valence electrons. The summed E-state index contributed by atoms with van der Waals surface area (Å²) in [6.07, 6.45) is 3.71. The fourth-order valence-electron chi connectivity index (χ4n) is 4.50. The third kappa shape index (κ3) is 3.09. The van der Waals surface area contributed by atoms with Gasteiger partial charge in [0, 0.05) is 26.2 Å². The van der Waals surface area contributed by atoms with Gasteiger partial charge in [-0.15, -0.1) is 0 Å². The maximum atomic E-state index is 12.5. The largest absolute Gasteiger partial charge is 0.495 e. The highest BCUT2D eigenvalue weighted by Crippen LogP contribution is 2.41. The van der Waals surface area contributed by atoms with Gasteiger partial charge in [0.1, 0.15) is 5.75 Å². The first-order valence-corrected chi connectivity index (χ1v) is 9.60. The zero-order valence-electron chi connectivity index (χ0n) is 15.6. The van der Waals surface area contributed by atoms with Crippen LogP contribution in [0.5, 0.6) is 5.75 Å². The molecule has 1 amide bonds. The molecule has 1 saturated carbocycles. The minimum absolute atomic E-state index is 0.198. The van der Waals surface area contributed by atoms with Gasteiger partial charge in [-0.1, -0.05) is 25.0 Å². The lowest BCUT2D eigenvalue weighted by molar-refractivity contribution is -0.124. The Bertz CT molecular complexity index is 786. The monoisotopic (exact) mass is 367 g/mol. The third-order valence-corrected chi connectivity index (χ3v) is 5.97. The Kier molecular flexibility index (Phi) is 4.65. The molecule has 1 spiro atoms. The first kappa shape index (κ1) is 17.7. The van der Waals surface area contributed by atoms with Gasteiger partial charge in [0.25, 0.3) is 0 Å². The standard InChI is InChI=1S/C20H25N5O2/c1-27-17-7-3-2-6-16(17)24-10-12-25(13-11-24)19-22-18(26)15(14-21)20(23-19)8-4-5-9-20/h2-3,6-7,15H,4-5,8-13H2,1H3,(H,22,23,26). The van der Waals surface area contributed by atoms with E-state index in [1.54, 1.807) is 7.11 Å². The zero-order chi connectivity index (χ0) is 18.9. The molecular formula is C20H25N5O2. The maximum absolute atomic E-state index is 12.5. The summed E-state index contributed by atoms with van der Waals surface area (Å²) in [5.74, 6) is 0.652. The van der Waals surface area contributed by atoms with Gasteiger partial charge < -0.3 is 14.5 Å². The Balaban J connectivity index is 1.50. The highest BCUT2D eigenvalue weighted by molar-refractivity contribution is 6.02. The molecule has 2 aliphatic heterocycles. The minimum atomic E-state index is -0.668. The van der Waals surface area contributed by atoms with Crippen LogP contribution in [0.4, 0.5) is 5.69 Å². The van der Waals surface area contributed by atoms with Gasteiger partial charge in [0.2, 0.25) is 11.9 Å². The molecule has 0 radical (unpaired) electrons. The number of ether oxygens (including phenoxy) is 1. The van der Waals surface area contributed by atoms with Crippen LogP contribution >= 0.6 is 0 Å². The fourth-order valence-corrected chi connectivity index (χ4v) is 4.50. The minimum Gasteiger partial charge on any atom is -0.495 e. The number of nitrogens with zero attached hydrogens (tertiary/aromatic N) is 4. The number of benzene rings is 1. The molecule has 1 aliphatic carbocycles. The second-order valence-corrected chi connectivity index (χ2v) is 7.44. The summed E-state index contributed by atoms with van der Waals surface area (Å²) >= 11 is 0. The van der Waals surface area contributed by atoms with Gasteiger partial charge in [-0.25, -0.2) is 4.99 Å². The molecular weight excluding hydrogens is 342 g/mol. The lowest BCUT2D eigenvalue weighted by Gasteiger charge is -2.41. The second-order valence-electron chi connectivity index (χ2n) is 7.44. The lowest BCUT2D eigenvalue weighted by Crippen LogP contribution is -2.59. The predicted octanol–water partition coefficient (Wildman–Crippen LogP) is 1.76. The van der Waals surface area contributed by atoms with E-state index >= 15 is 0 Å². The molecule has 1 atom stereocenters. The first-order valence-electron chi connectivity index (χ1n) is 9.60. The molecule has 2 heterocycles. The van der Waals surface area contributed by atoms with E-state index < -0.39 is 11.5 Å². The Morgan fingerprint density at radius 3 is 2.52 bits per heavy atom. The summed E-state index contributed by atoms with van der Waals surface area (Å²) in [4.78, 5) is 21.9. The van der Waals surface area contributed by atoms with Crippen molar-refractivity contribution in [3.63, 3.8) is 0 Å². The van der Waals surface area contributed by atoms with Gasteiger partial charge in [0.15, 0.2) is 5.92 Å². The third-order valence-electron chi connectivity index (χ3n) is 5.97. The number of nitrogens with one attached hydrogen (secondary N) is 1. The smallest absolute Gasteiger partial charge is 0.246 e. The highest BCUT2D eigenvalue weighted by Gasteiger charge is 2.49. The molecule has 27 heavy (non-hydrogen) atoms. The van der Waals surface area contributed by atoms with Crippen LogP contribution in [0.3, 0.4) is 0 Å². The van der Waals surface area contributed by atoms with E-state index in [0.717, 1.165) is 63.3 Å². The number of carbonyl (C=O) groups excluding carboxylic acids is 1. The molecule has 1 saturated heterocycles. The molecule has 1 N–H and O–H groups in total. The average molecular weight is 367 g/mol. The fraction of sp³-hybridized carbons (Fsp3) is 0.550. The van der Waals surface area contributed by atoms with E-state index in [2.05, 4.69) is 27.3 Å². The number of amides is 1. The van der Waals surface area contributed by atoms with E-state index in [1.807, 2.05) is 18.2 Å². The summed E-state index contributed by atoms with van der Waals surface area (Å²) in [5.41, 5.74) is 0.567. The van der Waals surface area contributed by atoms with Gasteiger partial charge in [0.05, 0.1) is 24.4 Å². The van der Waals surface area contributed by atoms with E-state index in [-0.39, 0.29) is 5.91 Å². The number of piperazine rings is 1. The van der Waals surface area contributed by atoms with Gasteiger partial charge in [-0.2, -0.15) is 5.26 Å². The van der Waals surface area contributed by atoms with Crippen LogP contribution < -0.4 is 15.0 Å². The van der Waals surface area contributed by atoms with Gasteiger partial charge >= 0.3 is 0 Å². The SMILES string of the molecule is COc1ccccc1N1CCN(C2=NC3(CCCC3)C(C#N)C(=O)N2)CC1. The maximum Gasteiger partial charge on any atom is 0.246 e. The highest BCUT2D eigenvalue weighted by atomic mass is 16.5. The molecule has 4 rings (SSSR count). The number of anilines is 1. The number of aliphatic imine (C=N–C) groups is 1. The molecule has 1 unspecified atom stereocenters. The second kappa shape index (κ2) is 7.10. The van der Waals surface area contributed by atoms with Gasteiger partial charge in [-0.05, 0) is 25.0 Å². The summed E-state index contributed by atoms with van der Waals surface area (Å²) in [6.45, 7) is 3.18. The van der Waals surface area contributed by atoms with Crippen molar-refractivity contribution < 1.29 is 9.53 Å². The van der Waals surface area contributed by atoms with Crippen molar-refractivity contribution in [3.05, 3.63) is 24.3 Å². The summed E-state index contributed by atoms with van der Waals surface area (Å²) in [6, 6.07) is 10.2. The molecule has 0 bridgehead atoms. The number of carbonyl (C=O) groups is 1. The number of hydrogen-bond acceptors (Lipinski definition) is 6. The summed E-state index contributed by atoms with van der Waals surface area (Å²) in [7, 11) is 1.69. The molecule has 3 aliphatic rings. The van der Waals surface area contributed by atoms with E-state index in [9.17, 15) is 10.1 Å². The Morgan fingerprint density at radius 2 is 1.85 bits per heavy atom. The number of rotatable bonds is 2. The molecule has 0 aromatic heterocycles. The topological polar surface area (TPSA) is 81.0 Å². The number of hydrogen-bond donors (Lipinski definition) is 1. The number of nitriles is 1. The first-order chi connectivity index (χ1) is 13.2. The van der Waals surface area contributed by atoms with Gasteiger partial charge in [-0.3, -0.25) is 10.1 Å². The predicted molar refractivity (Wildman–Crippen MR) is 103 cm³/mol. The van der Waals surface area contributed by atoms with Crippen molar-refractivity contribution in [2.24, 2.45) is 10.9 Å². The van der Waals surface area contributed by atoms with Crippen LogP contribution in [-0.4, -0.2) is 55.6 Å². The molecule has 1 aromatic rings. The van der Waals surface area contributed by atoms with Crippen LogP contribution in [0.15, 0.2) is 29.3 Å². The van der Waals surface area contributed by atoms with Crippen molar-refractivity contribution in [3.8, 4) is 11.8 Å². The average Bonchev–Trinajstić information content (AvgIpc) is 3.16. The Labute approximate surface area is 159 Å². The van der Waals surface area contributed by atoms with E-state index in [1.165, 1.54) is 0 Å². The normalized spacial score (nSPS) is 24.4. The van der Waals surface area contributed by atoms with Crippen molar-refractivity contribution in [2.45, 2.75) is 31.2 Å². The van der Waals surface area contributed by atoms with Crippen LogP contribution in [-0.2, 0) is 4.79 Å². The Morgan fingerprint density at radius 1 is 1.19 bits per heavy atom. The van der Waals surface area contributed by atoms with Crippen molar-refractivity contribution in [1.29, 1.82) is 5.26 Å². The number of methoxy groups -OCH3 is 1. The van der Waals surface area contributed by atoms with Crippen molar-refractivity contribution in [1.82, 2.24) is 10.2 Å². The van der Waals surface area contributed by atoms with Crippen molar-refractivity contribution in [2.75, 3.05) is 38.2 Å². The molecule has 7 heteroatoms. The molecule has 7 nitrogen and oxygen atoms in total. The molecule has 2 fully saturated rings. The van der Waals surface area contributed by atoms with E-state index in [0.29, 0.717) is 5.96 Å². The quantitative estimate of drug-likeness (QED) is 0.861. The van der Waals surface area contributed by atoms with Crippen LogP contribution in [0.1, 0.15) is 25.7 Å². The van der Waals surface area contributed by atoms with Crippen LogP contribution in [0.25, 0.3) is 0 Å². The number of guanidine groups is 1. The molecule has 1 aromatic carbocycles. The van der Waals surface area contributed by atoms with E-state index in [4.69, 9.17) is 9.73 Å².